The fourth-order valence-corrected chi connectivity index (χ4v) is 1.83. The van der Waals surface area contributed by atoms with Gasteiger partial charge in [-0.1, -0.05) is 11.6 Å². The Bertz CT molecular complexity index is 716. The van der Waals surface area contributed by atoms with E-state index in [1.54, 1.807) is 16.5 Å². The minimum atomic E-state index is 0.454. The molecule has 2 heterocycles. The van der Waals surface area contributed by atoms with Crippen LogP contribution in [0.25, 0.3) is 16.8 Å². The summed E-state index contributed by atoms with van der Waals surface area (Å²) < 4.78 is 2.21. The Morgan fingerprint density at radius 2 is 2.20 bits per heavy atom. The van der Waals surface area contributed by atoms with E-state index in [1.807, 2.05) is 6.07 Å². The number of fused-ring (bicyclic) bond motifs is 3. The van der Waals surface area contributed by atoms with E-state index in [1.165, 1.54) is 0 Å². The van der Waals surface area contributed by atoms with Crippen molar-refractivity contribution in [2.24, 2.45) is 0 Å². The molecule has 1 N–H and O–H groups in total. The number of rotatable bonds is 0. The molecule has 5 nitrogen and oxygen atoms in total. The Labute approximate surface area is 93.7 Å². The van der Waals surface area contributed by atoms with Gasteiger partial charge in [0.05, 0.1) is 5.52 Å². The second-order valence-corrected chi connectivity index (χ2v) is 3.82. The zero-order valence-electron chi connectivity index (χ0n) is 7.31. The quantitative estimate of drug-likeness (QED) is 0.608. The highest BCUT2D eigenvalue weighted by atomic mass is 35.5. The third kappa shape index (κ3) is 1.22. The van der Waals surface area contributed by atoms with Crippen LogP contribution in [0.15, 0.2) is 18.2 Å². The summed E-state index contributed by atoms with van der Waals surface area (Å²) in [7, 11) is 0. The average molecular weight is 238 g/mol. The second-order valence-electron chi connectivity index (χ2n) is 3.00. The Hall–Kier alpha value is -1.53. The predicted molar refractivity (Wildman–Crippen MR) is 58.5 cm³/mol. The van der Waals surface area contributed by atoms with Gasteiger partial charge in [-0.25, -0.2) is 9.50 Å². The van der Waals surface area contributed by atoms with Crippen molar-refractivity contribution in [3.05, 3.63) is 28.0 Å². The summed E-state index contributed by atoms with van der Waals surface area (Å²) >= 11 is 10.9. The highest BCUT2D eigenvalue weighted by Crippen LogP contribution is 2.17. The van der Waals surface area contributed by atoms with Gasteiger partial charge in [-0.15, -0.1) is 15.3 Å². The molecule has 0 radical (unpaired) electrons. The van der Waals surface area contributed by atoms with Crippen molar-refractivity contribution in [3.63, 3.8) is 0 Å². The number of halogens is 1. The van der Waals surface area contributed by atoms with Gasteiger partial charge in [0.25, 0.3) is 5.78 Å². The van der Waals surface area contributed by atoms with Crippen molar-refractivity contribution in [2.75, 3.05) is 0 Å². The normalized spacial score (nSPS) is 11.3. The summed E-state index contributed by atoms with van der Waals surface area (Å²) in [6, 6.07) is 5.35. The Morgan fingerprint density at radius 3 is 3.07 bits per heavy atom. The van der Waals surface area contributed by atoms with E-state index >= 15 is 0 Å². The summed E-state index contributed by atoms with van der Waals surface area (Å²) in [4.78, 5) is 0. The number of benzene rings is 1. The summed E-state index contributed by atoms with van der Waals surface area (Å²) in [5, 5.41) is 15.1. The highest BCUT2D eigenvalue weighted by Gasteiger charge is 2.05. The lowest BCUT2D eigenvalue weighted by Crippen LogP contribution is -1.94. The lowest BCUT2D eigenvalue weighted by molar-refractivity contribution is 1.01. The molecule has 0 aliphatic carbocycles. The van der Waals surface area contributed by atoms with E-state index in [-0.39, 0.29) is 0 Å². The molecule has 2 aromatic heterocycles. The number of hydrogen-bond acceptors (Lipinski definition) is 4. The minimum absolute atomic E-state index is 0.454. The number of nitrogens with zero attached hydrogens (tertiary/aromatic N) is 4. The number of aromatic nitrogens is 5. The predicted octanol–water partition coefficient (Wildman–Crippen LogP) is 1.99. The third-order valence-corrected chi connectivity index (χ3v) is 2.59. The molecule has 0 saturated heterocycles. The number of H-pyrrole nitrogens is 1. The van der Waals surface area contributed by atoms with Crippen LogP contribution in [-0.4, -0.2) is 24.8 Å². The molecule has 0 aliphatic heterocycles. The van der Waals surface area contributed by atoms with E-state index in [0.29, 0.717) is 21.1 Å². The number of hydrogen-bond donors (Lipinski definition) is 1. The van der Waals surface area contributed by atoms with Crippen molar-refractivity contribution < 1.29 is 0 Å². The van der Waals surface area contributed by atoms with Crippen molar-refractivity contribution in [1.29, 1.82) is 0 Å². The van der Waals surface area contributed by atoms with Crippen LogP contribution in [0, 0.1) is 4.77 Å². The van der Waals surface area contributed by atoms with Gasteiger partial charge in [-0.2, -0.15) is 0 Å². The molecule has 0 unspecified atom stereocenters. The van der Waals surface area contributed by atoms with Gasteiger partial charge in [-0.3, -0.25) is 0 Å². The summed E-state index contributed by atoms with van der Waals surface area (Å²) in [6.45, 7) is 0. The molecular formula is C8H4ClN5S. The lowest BCUT2D eigenvalue weighted by Gasteiger charge is -1.98. The molecule has 3 aromatic rings. The van der Waals surface area contributed by atoms with Crippen molar-refractivity contribution in [1.82, 2.24) is 24.8 Å². The summed E-state index contributed by atoms with van der Waals surface area (Å²) in [5.41, 5.74) is 1.52. The van der Waals surface area contributed by atoms with E-state index in [4.69, 9.17) is 23.8 Å². The van der Waals surface area contributed by atoms with Crippen LogP contribution in [0.3, 0.4) is 0 Å². The van der Waals surface area contributed by atoms with Gasteiger partial charge in [0.2, 0.25) is 4.77 Å². The minimum Gasteiger partial charge on any atom is -0.249 e. The molecule has 1 aromatic carbocycles. The zero-order valence-corrected chi connectivity index (χ0v) is 8.88. The van der Waals surface area contributed by atoms with Crippen LogP contribution in [0.2, 0.25) is 5.02 Å². The first kappa shape index (κ1) is 8.75. The Morgan fingerprint density at radius 1 is 1.33 bits per heavy atom. The molecule has 0 saturated carbocycles. The van der Waals surface area contributed by atoms with E-state index in [2.05, 4.69) is 20.4 Å². The SMILES string of the molecule is S=c1[nH]nc2nnc3cc(Cl)ccc3n12. The molecule has 15 heavy (non-hydrogen) atoms. The van der Waals surface area contributed by atoms with Crippen LogP contribution < -0.4 is 0 Å². The van der Waals surface area contributed by atoms with Gasteiger partial charge in [0.15, 0.2) is 0 Å². The average Bonchev–Trinajstić information content (AvgIpc) is 2.60. The lowest BCUT2D eigenvalue weighted by atomic mass is 10.3. The number of nitrogens with one attached hydrogen (secondary N) is 1. The summed E-state index contributed by atoms with van der Waals surface area (Å²) in [6.07, 6.45) is 0. The first-order valence-corrected chi connectivity index (χ1v) is 4.93. The zero-order chi connectivity index (χ0) is 10.4. The van der Waals surface area contributed by atoms with E-state index < -0.39 is 0 Å². The molecular weight excluding hydrogens is 234 g/mol. The van der Waals surface area contributed by atoms with E-state index in [9.17, 15) is 0 Å². The third-order valence-electron chi connectivity index (χ3n) is 2.08. The topological polar surface area (TPSA) is 58.9 Å². The smallest absolute Gasteiger partial charge is 0.249 e. The fourth-order valence-electron chi connectivity index (χ4n) is 1.44. The maximum atomic E-state index is 5.86. The van der Waals surface area contributed by atoms with Crippen molar-refractivity contribution in [2.45, 2.75) is 0 Å². The Kier molecular flexibility index (Phi) is 1.74. The van der Waals surface area contributed by atoms with Crippen molar-refractivity contribution >= 4 is 40.6 Å². The van der Waals surface area contributed by atoms with Gasteiger partial charge in [-0.05, 0) is 30.4 Å². The molecule has 0 fully saturated rings. The van der Waals surface area contributed by atoms with Gasteiger partial charge < -0.3 is 0 Å². The molecule has 0 amide bonds. The first-order chi connectivity index (χ1) is 7.25. The van der Waals surface area contributed by atoms with Crippen LogP contribution in [0.5, 0.6) is 0 Å². The van der Waals surface area contributed by atoms with Crippen LogP contribution in [-0.2, 0) is 0 Å². The highest BCUT2D eigenvalue weighted by molar-refractivity contribution is 7.71. The van der Waals surface area contributed by atoms with Crippen LogP contribution in [0.4, 0.5) is 0 Å². The summed E-state index contributed by atoms with van der Waals surface area (Å²) in [5.74, 6) is 0.454. The maximum absolute atomic E-state index is 5.86. The fraction of sp³-hybridized carbons (Fsp3) is 0. The molecule has 7 heteroatoms. The van der Waals surface area contributed by atoms with Gasteiger partial charge in [0.1, 0.15) is 5.52 Å². The molecule has 74 valence electrons. The molecule has 0 spiro atoms. The van der Waals surface area contributed by atoms with Crippen molar-refractivity contribution in [3.8, 4) is 0 Å². The van der Waals surface area contributed by atoms with Gasteiger partial charge >= 0.3 is 0 Å². The Balaban J connectivity index is 2.64. The first-order valence-electron chi connectivity index (χ1n) is 4.15. The van der Waals surface area contributed by atoms with E-state index in [0.717, 1.165) is 5.52 Å². The molecule has 0 bridgehead atoms. The van der Waals surface area contributed by atoms with Crippen LogP contribution >= 0.6 is 23.8 Å². The largest absolute Gasteiger partial charge is 0.273 e. The molecule has 0 aliphatic rings. The second kappa shape index (κ2) is 2.98. The maximum Gasteiger partial charge on any atom is 0.273 e. The number of aromatic amines is 1. The molecule has 3 rings (SSSR count). The van der Waals surface area contributed by atoms with Crippen LogP contribution in [0.1, 0.15) is 0 Å². The monoisotopic (exact) mass is 237 g/mol. The standard InChI is InChI=1S/C8H4ClN5S/c9-4-1-2-6-5(3-4)10-11-7-12-13-8(15)14(6)7/h1-3H,(H,13,15). The van der Waals surface area contributed by atoms with Gasteiger partial charge in [0, 0.05) is 5.02 Å². The molecule has 0 atom stereocenters.